The van der Waals surface area contributed by atoms with Crippen molar-refractivity contribution in [1.29, 1.82) is 0 Å². The number of amides is 1. The highest BCUT2D eigenvalue weighted by Crippen LogP contribution is 2.24. The summed E-state index contributed by atoms with van der Waals surface area (Å²) >= 11 is 0. The van der Waals surface area contributed by atoms with Gasteiger partial charge in [0.1, 0.15) is 5.52 Å². The van der Waals surface area contributed by atoms with Crippen molar-refractivity contribution in [2.45, 2.75) is 19.3 Å². The number of carboxylic acid groups (broad SMARTS) is 1. The number of nitrogens with zero attached hydrogens (tertiary/aromatic N) is 3. The Labute approximate surface area is 162 Å². The zero-order valence-corrected chi connectivity index (χ0v) is 15.4. The molecule has 2 heterocycles. The Morgan fingerprint density at radius 3 is 2.57 bits per heavy atom. The van der Waals surface area contributed by atoms with Crippen LogP contribution in [0.15, 0.2) is 54.9 Å². The van der Waals surface area contributed by atoms with Gasteiger partial charge < -0.3 is 10.0 Å². The van der Waals surface area contributed by atoms with Crippen LogP contribution in [0, 0.1) is 5.92 Å². The van der Waals surface area contributed by atoms with Crippen molar-refractivity contribution in [3.05, 3.63) is 71.5 Å². The van der Waals surface area contributed by atoms with Crippen molar-refractivity contribution in [3.8, 4) is 0 Å². The maximum Gasteiger partial charge on any atom is 0.335 e. The van der Waals surface area contributed by atoms with Gasteiger partial charge >= 0.3 is 5.97 Å². The summed E-state index contributed by atoms with van der Waals surface area (Å²) in [5.74, 6) is -0.460. The molecule has 142 valence electrons. The normalized spacial score (nSPS) is 14.9. The minimum absolute atomic E-state index is 0.00238. The van der Waals surface area contributed by atoms with Crippen LogP contribution in [-0.4, -0.2) is 44.9 Å². The third-order valence-corrected chi connectivity index (χ3v) is 5.33. The molecule has 0 aliphatic carbocycles. The molecule has 0 atom stereocenters. The Kier molecular flexibility index (Phi) is 5.02. The fourth-order valence-corrected chi connectivity index (χ4v) is 3.84. The molecule has 1 fully saturated rings. The number of hydrogen-bond acceptors (Lipinski definition) is 4. The van der Waals surface area contributed by atoms with Crippen molar-refractivity contribution in [2.75, 3.05) is 13.1 Å². The second-order valence-electron chi connectivity index (χ2n) is 7.17. The molecule has 0 spiro atoms. The molecule has 2 aromatic carbocycles. The van der Waals surface area contributed by atoms with Gasteiger partial charge in [0.25, 0.3) is 5.91 Å². The van der Waals surface area contributed by atoms with Gasteiger partial charge in [0.05, 0.1) is 16.6 Å². The molecule has 6 nitrogen and oxygen atoms in total. The first kappa shape index (κ1) is 18.1. The average molecular weight is 375 g/mol. The van der Waals surface area contributed by atoms with Crippen LogP contribution in [-0.2, 0) is 6.42 Å². The van der Waals surface area contributed by atoms with Gasteiger partial charge in [-0.15, -0.1) is 0 Å². The van der Waals surface area contributed by atoms with E-state index in [-0.39, 0.29) is 5.91 Å². The summed E-state index contributed by atoms with van der Waals surface area (Å²) in [6.45, 7) is 1.39. The summed E-state index contributed by atoms with van der Waals surface area (Å²) in [7, 11) is 0. The van der Waals surface area contributed by atoms with Gasteiger partial charge in [0.15, 0.2) is 0 Å². The maximum absolute atomic E-state index is 13.0. The summed E-state index contributed by atoms with van der Waals surface area (Å²) in [6, 6.07) is 12.6. The number of para-hydroxylation sites is 1. The molecule has 3 aromatic rings. The zero-order valence-electron chi connectivity index (χ0n) is 15.4. The van der Waals surface area contributed by atoms with E-state index in [0.717, 1.165) is 30.3 Å². The Morgan fingerprint density at radius 2 is 1.79 bits per heavy atom. The number of aromatic nitrogens is 2. The summed E-state index contributed by atoms with van der Waals surface area (Å²) in [6.07, 6.45) is 5.87. The van der Waals surface area contributed by atoms with E-state index in [9.17, 15) is 9.59 Å². The molecule has 1 aliphatic rings. The van der Waals surface area contributed by atoms with Crippen LogP contribution in [0.4, 0.5) is 0 Å². The third kappa shape index (κ3) is 3.71. The van der Waals surface area contributed by atoms with E-state index in [1.165, 1.54) is 0 Å². The largest absolute Gasteiger partial charge is 0.478 e. The van der Waals surface area contributed by atoms with E-state index in [0.29, 0.717) is 35.7 Å². The van der Waals surface area contributed by atoms with E-state index in [2.05, 4.69) is 9.97 Å². The summed E-state index contributed by atoms with van der Waals surface area (Å²) < 4.78 is 0. The highest BCUT2D eigenvalue weighted by Gasteiger charge is 2.25. The number of carbonyl (C=O) groups excluding carboxylic acids is 1. The monoisotopic (exact) mass is 375 g/mol. The van der Waals surface area contributed by atoms with Crippen LogP contribution < -0.4 is 0 Å². The topological polar surface area (TPSA) is 83.4 Å². The summed E-state index contributed by atoms with van der Waals surface area (Å²) in [4.78, 5) is 34.6. The molecule has 0 radical (unpaired) electrons. The van der Waals surface area contributed by atoms with Gasteiger partial charge in [-0.25, -0.2) is 4.79 Å². The molecular weight excluding hydrogens is 354 g/mol. The number of likely N-dealkylation sites (tertiary alicyclic amines) is 1. The summed E-state index contributed by atoms with van der Waals surface area (Å²) in [5.41, 5.74) is 3.32. The molecule has 0 bridgehead atoms. The Bertz CT molecular complexity index is 1020. The molecule has 1 aliphatic heterocycles. The molecule has 6 heteroatoms. The number of carboxylic acids is 1. The molecule has 1 aromatic heterocycles. The van der Waals surface area contributed by atoms with Crippen LogP contribution in [0.2, 0.25) is 0 Å². The van der Waals surface area contributed by atoms with Gasteiger partial charge in [-0.05, 0) is 55.0 Å². The molecular formula is C22H21N3O3. The zero-order chi connectivity index (χ0) is 19.5. The number of rotatable bonds is 4. The Balaban J connectivity index is 1.42. The van der Waals surface area contributed by atoms with Crippen molar-refractivity contribution < 1.29 is 14.7 Å². The maximum atomic E-state index is 13.0. The van der Waals surface area contributed by atoms with Crippen LogP contribution in [0.5, 0.6) is 0 Å². The molecule has 0 unspecified atom stereocenters. The average Bonchev–Trinajstić information content (AvgIpc) is 2.73. The second-order valence-corrected chi connectivity index (χ2v) is 7.17. The lowest BCUT2D eigenvalue weighted by molar-refractivity contribution is 0.0683. The smallest absolute Gasteiger partial charge is 0.335 e. The van der Waals surface area contributed by atoms with Crippen LogP contribution in [0.25, 0.3) is 11.0 Å². The molecule has 1 saturated heterocycles. The fraction of sp³-hybridized carbons (Fsp3) is 0.273. The SMILES string of the molecule is O=C(O)c1cccc(CC2CCN(C(=O)c3cccc4nccnc34)CC2)c1. The number of aromatic carboxylic acids is 1. The number of hydrogen-bond donors (Lipinski definition) is 1. The van der Waals surface area contributed by atoms with Gasteiger partial charge in [-0.2, -0.15) is 0 Å². The van der Waals surface area contributed by atoms with E-state index in [4.69, 9.17) is 5.11 Å². The molecule has 1 N–H and O–H groups in total. The van der Waals surface area contributed by atoms with Gasteiger partial charge in [0.2, 0.25) is 0 Å². The van der Waals surface area contributed by atoms with Crippen molar-refractivity contribution in [2.24, 2.45) is 5.92 Å². The third-order valence-electron chi connectivity index (χ3n) is 5.33. The quantitative estimate of drug-likeness (QED) is 0.755. The van der Waals surface area contributed by atoms with E-state index >= 15 is 0 Å². The van der Waals surface area contributed by atoms with Crippen LogP contribution >= 0.6 is 0 Å². The Morgan fingerprint density at radius 1 is 1.04 bits per heavy atom. The van der Waals surface area contributed by atoms with E-state index in [1.54, 1.807) is 30.6 Å². The first-order chi connectivity index (χ1) is 13.6. The van der Waals surface area contributed by atoms with Crippen LogP contribution in [0.3, 0.4) is 0 Å². The number of fused-ring (bicyclic) bond motifs is 1. The number of piperidine rings is 1. The molecule has 1 amide bonds. The van der Waals surface area contributed by atoms with Crippen molar-refractivity contribution >= 4 is 22.9 Å². The lowest BCUT2D eigenvalue weighted by atomic mass is 9.89. The van der Waals surface area contributed by atoms with E-state index in [1.807, 2.05) is 29.2 Å². The number of benzene rings is 2. The first-order valence-corrected chi connectivity index (χ1v) is 9.43. The van der Waals surface area contributed by atoms with E-state index < -0.39 is 5.97 Å². The molecule has 4 rings (SSSR count). The van der Waals surface area contributed by atoms with Gasteiger partial charge in [0, 0.05) is 25.5 Å². The predicted molar refractivity (Wildman–Crippen MR) is 105 cm³/mol. The molecule has 0 saturated carbocycles. The second kappa shape index (κ2) is 7.76. The van der Waals surface area contributed by atoms with Gasteiger partial charge in [-0.1, -0.05) is 18.2 Å². The van der Waals surface area contributed by atoms with Crippen molar-refractivity contribution in [3.63, 3.8) is 0 Å². The Hall–Kier alpha value is -3.28. The van der Waals surface area contributed by atoms with Crippen LogP contribution in [0.1, 0.15) is 39.1 Å². The lowest BCUT2D eigenvalue weighted by Gasteiger charge is -2.32. The lowest BCUT2D eigenvalue weighted by Crippen LogP contribution is -2.39. The highest BCUT2D eigenvalue weighted by molar-refractivity contribution is 6.04. The predicted octanol–water partition coefficient (Wildman–Crippen LogP) is 3.42. The minimum Gasteiger partial charge on any atom is -0.478 e. The first-order valence-electron chi connectivity index (χ1n) is 9.43. The summed E-state index contributed by atoms with van der Waals surface area (Å²) in [5, 5.41) is 9.14. The highest BCUT2D eigenvalue weighted by atomic mass is 16.4. The van der Waals surface area contributed by atoms with Crippen molar-refractivity contribution in [1.82, 2.24) is 14.9 Å². The van der Waals surface area contributed by atoms with Gasteiger partial charge in [-0.3, -0.25) is 14.8 Å². The molecule has 28 heavy (non-hydrogen) atoms. The minimum atomic E-state index is -0.902. The standard InChI is InChI=1S/C22H21N3O3/c26-21(18-5-2-6-19-20(18)24-10-9-23-19)25-11-7-15(8-12-25)13-16-3-1-4-17(14-16)22(27)28/h1-6,9-10,14-15H,7-8,11-13H2,(H,27,28). The fourth-order valence-electron chi connectivity index (χ4n) is 3.84. The number of carbonyl (C=O) groups is 2.